The molecule has 1 N–H and O–H groups in total. The van der Waals surface area contributed by atoms with Crippen molar-refractivity contribution in [3.63, 3.8) is 0 Å². The number of benzene rings is 2. The van der Waals surface area contributed by atoms with Crippen molar-refractivity contribution in [1.82, 2.24) is 14.6 Å². The summed E-state index contributed by atoms with van der Waals surface area (Å²) in [5.74, 6) is -0.127. The lowest BCUT2D eigenvalue weighted by Crippen LogP contribution is -2.13. The molecular weight excluding hydrogens is 355 g/mol. The molecule has 0 saturated heterocycles. The largest absolute Gasteiger partial charge is 0.322 e. The van der Waals surface area contributed by atoms with E-state index in [1.54, 1.807) is 59.1 Å². The van der Waals surface area contributed by atoms with E-state index in [1.807, 2.05) is 0 Å². The minimum absolute atomic E-state index is 0.323. The van der Waals surface area contributed by atoms with Crippen LogP contribution in [0.1, 0.15) is 10.4 Å². The summed E-state index contributed by atoms with van der Waals surface area (Å²) in [6, 6.07) is 16.2. The van der Waals surface area contributed by atoms with Gasteiger partial charge in [0.1, 0.15) is 5.82 Å². The SMILES string of the molecule is O=C(Nc1cccc(Cl)c1)c1cccn2c(-c3ccc(F)cc3)nnc12. The monoisotopic (exact) mass is 366 g/mol. The summed E-state index contributed by atoms with van der Waals surface area (Å²) in [7, 11) is 0. The molecule has 0 fully saturated rings. The molecule has 4 aromatic rings. The third kappa shape index (κ3) is 3.02. The molecule has 0 saturated carbocycles. The molecule has 0 aliphatic carbocycles. The van der Waals surface area contributed by atoms with Crippen molar-refractivity contribution in [2.45, 2.75) is 0 Å². The van der Waals surface area contributed by atoms with Crippen LogP contribution in [0.4, 0.5) is 10.1 Å². The fourth-order valence-corrected chi connectivity index (χ4v) is 2.84. The summed E-state index contributed by atoms with van der Waals surface area (Å²) in [4.78, 5) is 12.6. The van der Waals surface area contributed by atoms with Gasteiger partial charge in [-0.1, -0.05) is 17.7 Å². The van der Waals surface area contributed by atoms with E-state index in [-0.39, 0.29) is 11.7 Å². The van der Waals surface area contributed by atoms with Crippen molar-refractivity contribution in [1.29, 1.82) is 0 Å². The van der Waals surface area contributed by atoms with Gasteiger partial charge in [-0.05, 0) is 54.6 Å². The van der Waals surface area contributed by atoms with Crippen molar-refractivity contribution in [3.8, 4) is 11.4 Å². The molecule has 5 nitrogen and oxygen atoms in total. The molecule has 4 rings (SSSR count). The molecule has 0 atom stereocenters. The van der Waals surface area contributed by atoms with Gasteiger partial charge < -0.3 is 5.32 Å². The Bertz CT molecular complexity index is 1110. The molecular formula is C19H12ClFN4O. The maximum Gasteiger partial charge on any atom is 0.259 e. The van der Waals surface area contributed by atoms with Crippen LogP contribution in [0.5, 0.6) is 0 Å². The van der Waals surface area contributed by atoms with Crippen LogP contribution in [0.3, 0.4) is 0 Å². The van der Waals surface area contributed by atoms with Gasteiger partial charge in [-0.15, -0.1) is 10.2 Å². The van der Waals surface area contributed by atoms with Gasteiger partial charge in [-0.3, -0.25) is 9.20 Å². The number of hydrogen-bond donors (Lipinski definition) is 1. The molecule has 0 spiro atoms. The third-order valence-electron chi connectivity index (χ3n) is 3.86. The topological polar surface area (TPSA) is 59.3 Å². The lowest BCUT2D eigenvalue weighted by Gasteiger charge is -2.07. The Kier molecular flexibility index (Phi) is 4.10. The van der Waals surface area contributed by atoms with Crippen LogP contribution in [0.25, 0.3) is 17.0 Å². The van der Waals surface area contributed by atoms with E-state index >= 15 is 0 Å². The van der Waals surface area contributed by atoms with Gasteiger partial charge in [0.05, 0.1) is 5.56 Å². The molecule has 0 aliphatic rings. The first-order chi connectivity index (χ1) is 12.6. The number of aromatic nitrogens is 3. The number of hydrogen-bond acceptors (Lipinski definition) is 3. The minimum atomic E-state index is -0.329. The second kappa shape index (κ2) is 6.57. The number of pyridine rings is 1. The molecule has 2 aromatic heterocycles. The van der Waals surface area contributed by atoms with Crippen LogP contribution in [0.15, 0.2) is 66.9 Å². The number of rotatable bonds is 3. The van der Waals surface area contributed by atoms with Gasteiger partial charge >= 0.3 is 0 Å². The summed E-state index contributed by atoms with van der Waals surface area (Å²) in [6.07, 6.45) is 1.75. The highest BCUT2D eigenvalue weighted by Crippen LogP contribution is 2.21. The fraction of sp³-hybridized carbons (Fsp3) is 0. The number of amides is 1. The number of nitrogens with zero attached hydrogens (tertiary/aromatic N) is 3. The van der Waals surface area contributed by atoms with Gasteiger partial charge in [0.2, 0.25) is 0 Å². The summed E-state index contributed by atoms with van der Waals surface area (Å²) in [5, 5.41) is 11.6. The molecule has 7 heteroatoms. The zero-order valence-electron chi connectivity index (χ0n) is 13.4. The van der Waals surface area contributed by atoms with Gasteiger partial charge in [0.25, 0.3) is 5.91 Å². The Labute approximate surface area is 153 Å². The zero-order chi connectivity index (χ0) is 18.1. The van der Waals surface area contributed by atoms with Gasteiger partial charge in [0.15, 0.2) is 11.5 Å². The molecule has 0 radical (unpaired) electrons. The second-order valence-corrected chi connectivity index (χ2v) is 6.05. The first-order valence-electron chi connectivity index (χ1n) is 7.78. The number of carbonyl (C=O) groups is 1. The predicted molar refractivity (Wildman–Crippen MR) is 97.8 cm³/mol. The normalized spacial score (nSPS) is 10.8. The number of nitrogens with one attached hydrogen (secondary N) is 1. The Morgan fingerprint density at radius 3 is 2.62 bits per heavy atom. The summed E-state index contributed by atoms with van der Waals surface area (Å²) >= 11 is 5.95. The standard InChI is InChI=1S/C19H12ClFN4O/c20-13-3-1-4-15(11-13)22-19(26)16-5-2-10-25-17(23-24-18(16)25)12-6-8-14(21)9-7-12/h1-11H,(H,22,26). The molecule has 2 aromatic carbocycles. The summed E-state index contributed by atoms with van der Waals surface area (Å²) in [6.45, 7) is 0. The van der Waals surface area contributed by atoms with Gasteiger partial charge in [-0.25, -0.2) is 4.39 Å². The first kappa shape index (κ1) is 16.2. The van der Waals surface area contributed by atoms with Crippen molar-refractivity contribution in [2.75, 3.05) is 5.32 Å². The molecule has 128 valence electrons. The average Bonchev–Trinajstić information content (AvgIpc) is 3.06. The summed E-state index contributed by atoms with van der Waals surface area (Å²) in [5.41, 5.74) is 2.06. The van der Waals surface area contributed by atoms with E-state index in [2.05, 4.69) is 15.5 Å². The Balaban J connectivity index is 1.72. The molecule has 26 heavy (non-hydrogen) atoms. The van der Waals surface area contributed by atoms with Crippen molar-refractivity contribution in [2.24, 2.45) is 0 Å². The van der Waals surface area contributed by atoms with Crippen LogP contribution in [0, 0.1) is 5.82 Å². The number of carbonyl (C=O) groups excluding carboxylic acids is 1. The van der Waals surface area contributed by atoms with E-state index in [0.717, 1.165) is 0 Å². The van der Waals surface area contributed by atoms with E-state index in [1.165, 1.54) is 12.1 Å². The van der Waals surface area contributed by atoms with Crippen LogP contribution in [-0.4, -0.2) is 20.5 Å². The molecule has 2 heterocycles. The number of fused-ring (bicyclic) bond motifs is 1. The smallest absolute Gasteiger partial charge is 0.259 e. The molecule has 0 bridgehead atoms. The number of anilines is 1. The average molecular weight is 367 g/mol. The quantitative estimate of drug-likeness (QED) is 0.583. The number of halogens is 2. The van der Waals surface area contributed by atoms with Crippen LogP contribution in [0.2, 0.25) is 5.02 Å². The van der Waals surface area contributed by atoms with Crippen molar-refractivity contribution >= 4 is 28.8 Å². The lowest BCUT2D eigenvalue weighted by molar-refractivity contribution is 0.102. The van der Waals surface area contributed by atoms with Crippen molar-refractivity contribution in [3.05, 3.63) is 83.3 Å². The maximum absolute atomic E-state index is 13.1. The lowest BCUT2D eigenvalue weighted by atomic mass is 10.2. The highest BCUT2D eigenvalue weighted by atomic mass is 35.5. The van der Waals surface area contributed by atoms with E-state index in [0.29, 0.717) is 33.3 Å². The molecule has 0 unspecified atom stereocenters. The Hall–Kier alpha value is -3.25. The Morgan fingerprint density at radius 1 is 1.04 bits per heavy atom. The van der Waals surface area contributed by atoms with Crippen LogP contribution >= 0.6 is 11.6 Å². The maximum atomic E-state index is 13.1. The van der Waals surface area contributed by atoms with E-state index in [9.17, 15) is 9.18 Å². The van der Waals surface area contributed by atoms with Crippen LogP contribution < -0.4 is 5.32 Å². The minimum Gasteiger partial charge on any atom is -0.322 e. The van der Waals surface area contributed by atoms with Gasteiger partial charge in [0, 0.05) is 22.5 Å². The van der Waals surface area contributed by atoms with Crippen LogP contribution in [-0.2, 0) is 0 Å². The van der Waals surface area contributed by atoms with Gasteiger partial charge in [-0.2, -0.15) is 0 Å². The highest BCUT2D eigenvalue weighted by Gasteiger charge is 2.16. The molecule has 0 aliphatic heterocycles. The highest BCUT2D eigenvalue weighted by molar-refractivity contribution is 6.31. The predicted octanol–water partition coefficient (Wildman–Crippen LogP) is 4.44. The van der Waals surface area contributed by atoms with E-state index < -0.39 is 0 Å². The first-order valence-corrected chi connectivity index (χ1v) is 8.16. The molecule has 1 amide bonds. The summed E-state index contributed by atoms with van der Waals surface area (Å²) < 4.78 is 14.8. The second-order valence-electron chi connectivity index (χ2n) is 5.61. The zero-order valence-corrected chi connectivity index (χ0v) is 14.1. The fourth-order valence-electron chi connectivity index (χ4n) is 2.65. The third-order valence-corrected chi connectivity index (χ3v) is 4.10. The van der Waals surface area contributed by atoms with E-state index in [4.69, 9.17) is 11.6 Å². The Morgan fingerprint density at radius 2 is 1.85 bits per heavy atom. The van der Waals surface area contributed by atoms with Crippen molar-refractivity contribution < 1.29 is 9.18 Å².